The van der Waals surface area contributed by atoms with Crippen LogP contribution in [0, 0.1) is 0 Å². The first kappa shape index (κ1) is 16.1. The minimum atomic E-state index is -1.02. The Balaban J connectivity index is 2.18. The zero-order valence-corrected chi connectivity index (χ0v) is 13.2. The molecule has 0 bridgehead atoms. The molecule has 0 saturated carbocycles. The van der Waals surface area contributed by atoms with Crippen LogP contribution < -0.4 is 0 Å². The summed E-state index contributed by atoms with van der Waals surface area (Å²) >= 11 is 0. The second-order valence-electron chi connectivity index (χ2n) is 6.65. The van der Waals surface area contributed by atoms with Gasteiger partial charge in [0, 0.05) is 13.1 Å². The van der Waals surface area contributed by atoms with Crippen molar-refractivity contribution in [2.75, 3.05) is 26.2 Å². The molecule has 0 aliphatic carbocycles. The lowest BCUT2D eigenvalue weighted by atomic mass is 9.91. The van der Waals surface area contributed by atoms with Gasteiger partial charge in [0.1, 0.15) is 5.54 Å². The quantitative estimate of drug-likeness (QED) is 0.864. The standard InChI is InChI=1S/C15H26N2O4/c1-4-6-15(12(18)19)7-5-8-17(15)13(20)16-9-10-21-14(2,3)11-16/h4-11H2,1-3H3,(H,18,19). The van der Waals surface area contributed by atoms with E-state index in [0.29, 0.717) is 39.1 Å². The molecule has 2 fully saturated rings. The first-order valence-electron chi connectivity index (χ1n) is 7.76. The number of ether oxygens (including phenoxy) is 1. The first-order valence-corrected chi connectivity index (χ1v) is 7.76. The Morgan fingerprint density at radius 3 is 2.57 bits per heavy atom. The molecule has 1 atom stereocenters. The molecule has 2 aliphatic rings. The Morgan fingerprint density at radius 1 is 1.29 bits per heavy atom. The molecular formula is C15H26N2O4. The van der Waals surface area contributed by atoms with Crippen LogP contribution in [0.5, 0.6) is 0 Å². The van der Waals surface area contributed by atoms with E-state index in [4.69, 9.17) is 4.74 Å². The van der Waals surface area contributed by atoms with Gasteiger partial charge in [-0.2, -0.15) is 0 Å². The molecule has 0 spiro atoms. The number of amides is 2. The number of rotatable bonds is 3. The van der Waals surface area contributed by atoms with E-state index in [1.807, 2.05) is 20.8 Å². The van der Waals surface area contributed by atoms with Crippen LogP contribution >= 0.6 is 0 Å². The van der Waals surface area contributed by atoms with Crippen LogP contribution in [0.1, 0.15) is 46.5 Å². The van der Waals surface area contributed by atoms with Crippen LogP contribution in [0.15, 0.2) is 0 Å². The summed E-state index contributed by atoms with van der Waals surface area (Å²) in [7, 11) is 0. The normalized spacial score (nSPS) is 28.7. The van der Waals surface area contributed by atoms with E-state index in [-0.39, 0.29) is 11.6 Å². The fourth-order valence-corrected chi connectivity index (χ4v) is 3.51. The average Bonchev–Trinajstić information content (AvgIpc) is 2.82. The highest BCUT2D eigenvalue weighted by molar-refractivity contribution is 5.87. The average molecular weight is 298 g/mol. The van der Waals surface area contributed by atoms with Crippen LogP contribution in [0.25, 0.3) is 0 Å². The third-order valence-corrected chi connectivity index (χ3v) is 4.48. The van der Waals surface area contributed by atoms with Crippen LogP contribution in [0.4, 0.5) is 4.79 Å². The van der Waals surface area contributed by atoms with Gasteiger partial charge in [0.25, 0.3) is 0 Å². The number of aliphatic carboxylic acids is 1. The Kier molecular flexibility index (Phi) is 4.46. The number of carboxylic acids is 1. The molecule has 0 aromatic carbocycles. The SMILES string of the molecule is CCCC1(C(=O)O)CCCN1C(=O)N1CCOC(C)(C)C1. The lowest BCUT2D eigenvalue weighted by molar-refractivity contribution is -0.149. The van der Waals surface area contributed by atoms with Crippen LogP contribution in [-0.2, 0) is 9.53 Å². The molecule has 2 amide bonds. The summed E-state index contributed by atoms with van der Waals surface area (Å²) < 4.78 is 5.63. The van der Waals surface area contributed by atoms with Crippen LogP contribution in [-0.4, -0.2) is 64.3 Å². The van der Waals surface area contributed by atoms with E-state index in [1.165, 1.54) is 0 Å². The lowest BCUT2D eigenvalue weighted by Crippen LogP contribution is -2.60. The number of carboxylic acid groups (broad SMARTS) is 1. The third kappa shape index (κ3) is 3.00. The van der Waals surface area contributed by atoms with E-state index < -0.39 is 11.5 Å². The summed E-state index contributed by atoms with van der Waals surface area (Å²) in [6.45, 7) is 7.93. The number of morpholine rings is 1. The molecule has 2 heterocycles. The fourth-order valence-electron chi connectivity index (χ4n) is 3.51. The molecule has 1 N–H and O–H groups in total. The van der Waals surface area contributed by atoms with Crippen molar-refractivity contribution < 1.29 is 19.4 Å². The largest absolute Gasteiger partial charge is 0.479 e. The highest BCUT2D eigenvalue weighted by atomic mass is 16.5. The zero-order chi connectivity index (χ0) is 15.7. The van der Waals surface area contributed by atoms with Gasteiger partial charge in [-0.3, -0.25) is 0 Å². The van der Waals surface area contributed by atoms with Crippen molar-refractivity contribution in [2.24, 2.45) is 0 Å². The van der Waals surface area contributed by atoms with Crippen molar-refractivity contribution in [3.8, 4) is 0 Å². The minimum Gasteiger partial charge on any atom is -0.479 e. The maximum Gasteiger partial charge on any atom is 0.329 e. The first-order chi connectivity index (χ1) is 9.82. The van der Waals surface area contributed by atoms with Gasteiger partial charge in [0.05, 0.1) is 18.8 Å². The predicted molar refractivity (Wildman–Crippen MR) is 78.2 cm³/mol. The van der Waals surface area contributed by atoms with Crippen molar-refractivity contribution >= 4 is 12.0 Å². The number of carbonyl (C=O) groups is 2. The van der Waals surface area contributed by atoms with Gasteiger partial charge in [-0.05, 0) is 33.1 Å². The van der Waals surface area contributed by atoms with E-state index in [2.05, 4.69) is 0 Å². The summed E-state index contributed by atoms with van der Waals surface area (Å²) in [6, 6.07) is -0.153. The molecule has 120 valence electrons. The van der Waals surface area contributed by atoms with Crippen LogP contribution in [0.2, 0.25) is 0 Å². The zero-order valence-electron chi connectivity index (χ0n) is 13.2. The summed E-state index contributed by atoms with van der Waals surface area (Å²) in [5, 5.41) is 9.68. The molecule has 2 aliphatic heterocycles. The Morgan fingerprint density at radius 2 is 2.00 bits per heavy atom. The maximum absolute atomic E-state index is 12.8. The van der Waals surface area contributed by atoms with Gasteiger partial charge in [0.15, 0.2) is 0 Å². The van der Waals surface area contributed by atoms with Gasteiger partial charge >= 0.3 is 12.0 Å². The topological polar surface area (TPSA) is 70.1 Å². The van der Waals surface area contributed by atoms with Crippen LogP contribution in [0.3, 0.4) is 0 Å². The highest BCUT2D eigenvalue weighted by Gasteiger charge is 2.50. The molecule has 6 heteroatoms. The van der Waals surface area contributed by atoms with Gasteiger partial charge < -0.3 is 19.6 Å². The van der Waals surface area contributed by atoms with Gasteiger partial charge in [-0.1, -0.05) is 13.3 Å². The number of likely N-dealkylation sites (tertiary alicyclic amines) is 1. The molecule has 0 radical (unpaired) electrons. The predicted octanol–water partition coefficient (Wildman–Crippen LogP) is 1.94. The van der Waals surface area contributed by atoms with Crippen molar-refractivity contribution in [2.45, 2.75) is 57.6 Å². The molecule has 2 saturated heterocycles. The maximum atomic E-state index is 12.8. The number of carbonyl (C=O) groups excluding carboxylic acids is 1. The van der Waals surface area contributed by atoms with Gasteiger partial charge in [0.2, 0.25) is 0 Å². The molecule has 1 unspecified atom stereocenters. The summed E-state index contributed by atoms with van der Waals surface area (Å²) in [4.78, 5) is 27.9. The Hall–Kier alpha value is -1.30. The van der Waals surface area contributed by atoms with E-state index >= 15 is 0 Å². The van der Waals surface area contributed by atoms with E-state index in [1.54, 1.807) is 9.80 Å². The third-order valence-electron chi connectivity index (χ3n) is 4.48. The number of urea groups is 1. The molecular weight excluding hydrogens is 272 g/mol. The molecule has 21 heavy (non-hydrogen) atoms. The Bertz CT molecular complexity index is 424. The molecule has 0 aromatic rings. The van der Waals surface area contributed by atoms with Gasteiger partial charge in [-0.15, -0.1) is 0 Å². The highest BCUT2D eigenvalue weighted by Crippen LogP contribution is 2.35. The second kappa shape index (κ2) is 5.83. The fraction of sp³-hybridized carbons (Fsp3) is 0.867. The van der Waals surface area contributed by atoms with Crippen molar-refractivity contribution in [1.29, 1.82) is 0 Å². The summed E-state index contributed by atoms with van der Waals surface area (Å²) in [6.07, 6.45) is 2.58. The van der Waals surface area contributed by atoms with Crippen molar-refractivity contribution in [3.05, 3.63) is 0 Å². The number of hydrogen-bond donors (Lipinski definition) is 1. The van der Waals surface area contributed by atoms with E-state index in [9.17, 15) is 14.7 Å². The lowest BCUT2D eigenvalue weighted by Gasteiger charge is -2.43. The second-order valence-corrected chi connectivity index (χ2v) is 6.65. The smallest absolute Gasteiger partial charge is 0.329 e. The minimum absolute atomic E-state index is 0.153. The Labute approximate surface area is 126 Å². The van der Waals surface area contributed by atoms with E-state index in [0.717, 1.165) is 12.8 Å². The monoisotopic (exact) mass is 298 g/mol. The number of hydrogen-bond acceptors (Lipinski definition) is 3. The molecule has 2 rings (SSSR count). The molecule has 6 nitrogen and oxygen atoms in total. The summed E-state index contributed by atoms with van der Waals surface area (Å²) in [5.41, 5.74) is -1.39. The number of nitrogens with zero attached hydrogens (tertiary/aromatic N) is 2. The summed E-state index contributed by atoms with van der Waals surface area (Å²) in [5.74, 6) is -0.872. The molecule has 0 aromatic heterocycles. The van der Waals surface area contributed by atoms with Gasteiger partial charge in [-0.25, -0.2) is 9.59 Å². The van der Waals surface area contributed by atoms with Crippen molar-refractivity contribution in [1.82, 2.24) is 9.80 Å². The van der Waals surface area contributed by atoms with Crippen molar-refractivity contribution in [3.63, 3.8) is 0 Å².